The van der Waals surface area contributed by atoms with Gasteiger partial charge in [0.05, 0.1) is 0 Å². The number of benzene rings is 1. The van der Waals surface area contributed by atoms with E-state index in [-0.39, 0.29) is 19.2 Å². The van der Waals surface area contributed by atoms with Crippen LogP contribution in [0.25, 0.3) is 0 Å². The maximum atomic E-state index is 12.0. The summed E-state index contributed by atoms with van der Waals surface area (Å²) in [5, 5.41) is 15.5. The summed E-state index contributed by atoms with van der Waals surface area (Å²) in [5.41, 5.74) is 0.832. The van der Waals surface area contributed by atoms with Crippen molar-refractivity contribution in [2.75, 3.05) is 11.4 Å². The van der Waals surface area contributed by atoms with Gasteiger partial charge < -0.3 is 14.3 Å². The minimum Gasteiger partial charge on any atom is -0.474 e. The Morgan fingerprint density at radius 3 is 2.57 bits per heavy atom. The minimum atomic E-state index is -1.36. The largest absolute Gasteiger partial charge is 0.474 e. The fraction of sp³-hybridized carbons (Fsp3) is 0.231. The van der Waals surface area contributed by atoms with Crippen molar-refractivity contribution in [1.29, 1.82) is 0 Å². The Hall–Kier alpha value is -2.90. The Kier molecular flexibility index (Phi) is 4.50. The SMILES string of the molecule is CCN(C(=O)OCc1ccccc1)c1nnc(C(=O)O)o1. The lowest BCUT2D eigenvalue weighted by Gasteiger charge is -2.15. The van der Waals surface area contributed by atoms with Gasteiger partial charge in [0, 0.05) is 6.54 Å². The number of rotatable bonds is 5. The van der Waals surface area contributed by atoms with Crippen molar-refractivity contribution in [1.82, 2.24) is 10.2 Å². The number of amides is 1. The highest BCUT2D eigenvalue weighted by atomic mass is 16.6. The van der Waals surface area contributed by atoms with E-state index in [4.69, 9.17) is 14.3 Å². The molecule has 8 nitrogen and oxygen atoms in total. The number of carbonyl (C=O) groups excluding carboxylic acids is 1. The van der Waals surface area contributed by atoms with Gasteiger partial charge in [-0.25, -0.2) is 14.5 Å². The van der Waals surface area contributed by atoms with Crippen molar-refractivity contribution in [2.24, 2.45) is 0 Å². The van der Waals surface area contributed by atoms with E-state index >= 15 is 0 Å². The second kappa shape index (κ2) is 6.51. The maximum Gasteiger partial charge on any atom is 0.418 e. The number of hydrogen-bond donors (Lipinski definition) is 1. The topological polar surface area (TPSA) is 106 Å². The molecule has 1 amide bonds. The highest BCUT2D eigenvalue weighted by Gasteiger charge is 2.23. The lowest BCUT2D eigenvalue weighted by Crippen LogP contribution is -2.31. The van der Waals surface area contributed by atoms with Gasteiger partial charge in [0.15, 0.2) is 0 Å². The predicted molar refractivity (Wildman–Crippen MR) is 70.9 cm³/mol. The molecule has 0 aliphatic heterocycles. The lowest BCUT2D eigenvalue weighted by atomic mass is 10.2. The van der Waals surface area contributed by atoms with E-state index in [2.05, 4.69) is 10.2 Å². The van der Waals surface area contributed by atoms with Crippen molar-refractivity contribution < 1.29 is 23.8 Å². The van der Waals surface area contributed by atoms with Gasteiger partial charge in [-0.2, -0.15) is 0 Å². The predicted octanol–water partition coefficient (Wildman–Crippen LogP) is 1.93. The molecule has 0 spiro atoms. The van der Waals surface area contributed by atoms with E-state index < -0.39 is 18.0 Å². The molecule has 1 N–H and O–H groups in total. The molecule has 0 bridgehead atoms. The summed E-state index contributed by atoms with van der Waals surface area (Å²) >= 11 is 0. The van der Waals surface area contributed by atoms with Crippen LogP contribution in [0, 0.1) is 0 Å². The Labute approximate surface area is 120 Å². The van der Waals surface area contributed by atoms with Crippen LogP contribution in [0.4, 0.5) is 10.8 Å². The van der Waals surface area contributed by atoms with Gasteiger partial charge in [0.25, 0.3) is 0 Å². The van der Waals surface area contributed by atoms with Gasteiger partial charge >= 0.3 is 24.0 Å². The second-order valence-corrected chi connectivity index (χ2v) is 3.98. The second-order valence-electron chi connectivity index (χ2n) is 3.98. The van der Waals surface area contributed by atoms with Crippen LogP contribution in [0.2, 0.25) is 0 Å². The van der Waals surface area contributed by atoms with Gasteiger partial charge in [-0.15, -0.1) is 0 Å². The zero-order valence-electron chi connectivity index (χ0n) is 11.2. The first kappa shape index (κ1) is 14.5. The van der Waals surface area contributed by atoms with Gasteiger partial charge in [-0.3, -0.25) is 0 Å². The number of carbonyl (C=O) groups is 2. The molecule has 0 radical (unpaired) electrons. The summed E-state index contributed by atoms with van der Waals surface area (Å²) in [6.45, 7) is 1.97. The molecule has 0 atom stereocenters. The van der Waals surface area contributed by atoms with E-state index in [1.54, 1.807) is 6.92 Å². The Morgan fingerprint density at radius 1 is 1.29 bits per heavy atom. The van der Waals surface area contributed by atoms with Gasteiger partial charge in [-0.05, 0) is 12.5 Å². The molecule has 0 saturated heterocycles. The highest BCUT2D eigenvalue weighted by Crippen LogP contribution is 2.14. The van der Waals surface area contributed by atoms with E-state index in [0.29, 0.717) is 0 Å². The van der Waals surface area contributed by atoms with Crippen LogP contribution >= 0.6 is 0 Å². The minimum absolute atomic E-state index is 0.0934. The van der Waals surface area contributed by atoms with Crippen LogP contribution in [0.3, 0.4) is 0 Å². The number of nitrogens with zero attached hydrogens (tertiary/aromatic N) is 3. The number of hydrogen-bond acceptors (Lipinski definition) is 6. The van der Waals surface area contributed by atoms with Crippen molar-refractivity contribution in [2.45, 2.75) is 13.5 Å². The average molecular weight is 291 g/mol. The molecular weight excluding hydrogens is 278 g/mol. The zero-order chi connectivity index (χ0) is 15.2. The number of anilines is 1. The van der Waals surface area contributed by atoms with Crippen LogP contribution < -0.4 is 4.90 Å². The van der Waals surface area contributed by atoms with Crippen molar-refractivity contribution >= 4 is 18.1 Å². The monoisotopic (exact) mass is 291 g/mol. The van der Waals surface area contributed by atoms with Crippen LogP contribution in [0.15, 0.2) is 34.7 Å². The molecule has 2 rings (SSSR count). The molecule has 1 heterocycles. The third-order valence-electron chi connectivity index (χ3n) is 2.57. The average Bonchev–Trinajstić information content (AvgIpc) is 2.97. The summed E-state index contributed by atoms with van der Waals surface area (Å²) in [6.07, 6.45) is -0.693. The fourth-order valence-corrected chi connectivity index (χ4v) is 1.55. The van der Waals surface area contributed by atoms with E-state index in [0.717, 1.165) is 10.5 Å². The fourth-order valence-electron chi connectivity index (χ4n) is 1.55. The summed E-state index contributed by atoms with van der Waals surface area (Å²) in [7, 11) is 0. The Morgan fingerprint density at radius 2 is 2.00 bits per heavy atom. The van der Waals surface area contributed by atoms with Crippen LogP contribution in [0.1, 0.15) is 23.2 Å². The quantitative estimate of drug-likeness (QED) is 0.897. The van der Waals surface area contributed by atoms with E-state index in [1.807, 2.05) is 30.3 Å². The zero-order valence-corrected chi connectivity index (χ0v) is 11.2. The smallest absolute Gasteiger partial charge is 0.418 e. The van der Waals surface area contributed by atoms with Gasteiger partial charge in [-0.1, -0.05) is 40.5 Å². The van der Waals surface area contributed by atoms with Crippen molar-refractivity contribution in [3.05, 3.63) is 41.8 Å². The van der Waals surface area contributed by atoms with Crippen molar-refractivity contribution in [3.8, 4) is 0 Å². The number of aromatic nitrogens is 2. The number of carboxylic acids is 1. The first-order valence-electron chi connectivity index (χ1n) is 6.16. The molecule has 2 aromatic rings. The molecule has 0 aliphatic rings. The van der Waals surface area contributed by atoms with E-state index in [1.165, 1.54) is 0 Å². The molecule has 0 fully saturated rings. The van der Waals surface area contributed by atoms with Crippen LogP contribution in [-0.2, 0) is 11.3 Å². The summed E-state index contributed by atoms with van der Waals surface area (Å²) in [5.74, 6) is -1.94. The highest BCUT2D eigenvalue weighted by molar-refractivity contribution is 5.86. The van der Waals surface area contributed by atoms with Crippen LogP contribution in [0.5, 0.6) is 0 Å². The number of aromatic carboxylic acids is 1. The molecule has 0 aliphatic carbocycles. The molecule has 1 aromatic carbocycles. The summed E-state index contributed by atoms with van der Waals surface area (Å²) in [4.78, 5) is 23.7. The molecule has 0 saturated carbocycles. The standard InChI is InChI=1S/C13H13N3O5/c1-2-16(12-15-14-10(21-12)11(17)18)13(19)20-8-9-6-4-3-5-7-9/h3-7H,2,8H2,1H3,(H,17,18). The maximum absolute atomic E-state index is 12.0. The third kappa shape index (κ3) is 3.56. The first-order valence-corrected chi connectivity index (χ1v) is 6.16. The molecule has 8 heteroatoms. The Balaban J connectivity index is 2.02. The first-order chi connectivity index (χ1) is 10.1. The third-order valence-corrected chi connectivity index (χ3v) is 2.57. The summed E-state index contributed by atoms with van der Waals surface area (Å²) in [6, 6.07) is 8.94. The molecule has 0 unspecified atom stereocenters. The normalized spacial score (nSPS) is 10.1. The Bertz CT molecular complexity index is 626. The lowest BCUT2D eigenvalue weighted by molar-refractivity contribution is 0.0653. The molecular formula is C13H13N3O5. The molecule has 110 valence electrons. The number of ether oxygens (including phenoxy) is 1. The van der Waals surface area contributed by atoms with Gasteiger partial charge in [0.2, 0.25) is 0 Å². The van der Waals surface area contributed by atoms with Crippen molar-refractivity contribution in [3.63, 3.8) is 0 Å². The molecule has 21 heavy (non-hydrogen) atoms. The number of carboxylic acid groups (broad SMARTS) is 1. The summed E-state index contributed by atoms with van der Waals surface area (Å²) < 4.78 is 9.99. The van der Waals surface area contributed by atoms with Crippen LogP contribution in [-0.4, -0.2) is 33.9 Å². The molecule has 1 aromatic heterocycles. The van der Waals surface area contributed by atoms with Gasteiger partial charge in [0.1, 0.15) is 6.61 Å². The van der Waals surface area contributed by atoms with E-state index in [9.17, 15) is 9.59 Å².